The Bertz CT molecular complexity index is 581. The summed E-state index contributed by atoms with van der Waals surface area (Å²) in [6, 6.07) is 14.6. The van der Waals surface area contributed by atoms with Gasteiger partial charge in [0, 0.05) is 19.3 Å². The zero-order chi connectivity index (χ0) is 15.1. The van der Waals surface area contributed by atoms with Gasteiger partial charge in [-0.15, -0.1) is 0 Å². The Morgan fingerprint density at radius 3 is 2.57 bits per heavy atom. The van der Waals surface area contributed by atoms with E-state index in [1.54, 1.807) is 7.11 Å². The Hall–Kier alpha value is -2.00. The largest absolute Gasteiger partial charge is 0.491 e. The molecule has 0 aliphatic rings. The summed E-state index contributed by atoms with van der Waals surface area (Å²) < 4.78 is 10.6. The van der Waals surface area contributed by atoms with Crippen LogP contribution in [0.3, 0.4) is 0 Å². The molecule has 0 saturated carbocycles. The first-order valence-corrected chi connectivity index (χ1v) is 7.21. The molecule has 2 rings (SSSR count). The SMILES string of the molecule is COCCOc1cccc(CNc2ccc(C)c(C)c2)c1. The molecule has 112 valence electrons. The first-order chi connectivity index (χ1) is 10.2. The first-order valence-electron chi connectivity index (χ1n) is 7.21. The topological polar surface area (TPSA) is 30.5 Å². The average Bonchev–Trinajstić information content (AvgIpc) is 2.49. The molecule has 0 heterocycles. The Morgan fingerprint density at radius 2 is 1.81 bits per heavy atom. The third-order valence-electron chi connectivity index (χ3n) is 3.46. The van der Waals surface area contributed by atoms with E-state index >= 15 is 0 Å². The minimum absolute atomic E-state index is 0.574. The van der Waals surface area contributed by atoms with Gasteiger partial charge in [-0.25, -0.2) is 0 Å². The summed E-state index contributed by atoms with van der Waals surface area (Å²) in [7, 11) is 1.67. The number of aryl methyl sites for hydroxylation is 2. The monoisotopic (exact) mass is 285 g/mol. The van der Waals surface area contributed by atoms with Crippen molar-refractivity contribution < 1.29 is 9.47 Å². The Kier molecular flexibility index (Phi) is 5.64. The minimum Gasteiger partial charge on any atom is -0.491 e. The summed E-state index contributed by atoms with van der Waals surface area (Å²) in [4.78, 5) is 0. The Morgan fingerprint density at radius 1 is 0.952 bits per heavy atom. The predicted octanol–water partition coefficient (Wildman–Crippen LogP) is 3.94. The number of nitrogens with one attached hydrogen (secondary N) is 1. The van der Waals surface area contributed by atoms with Crippen molar-refractivity contribution in [3.05, 3.63) is 59.2 Å². The normalized spacial score (nSPS) is 10.4. The molecule has 0 saturated heterocycles. The fourth-order valence-electron chi connectivity index (χ4n) is 2.04. The van der Waals surface area contributed by atoms with Gasteiger partial charge in [0.25, 0.3) is 0 Å². The van der Waals surface area contributed by atoms with Gasteiger partial charge in [0.15, 0.2) is 0 Å². The molecule has 3 nitrogen and oxygen atoms in total. The van der Waals surface area contributed by atoms with Crippen molar-refractivity contribution in [3.8, 4) is 5.75 Å². The molecular formula is C18H23NO2. The van der Waals surface area contributed by atoms with E-state index in [0.29, 0.717) is 13.2 Å². The van der Waals surface area contributed by atoms with E-state index in [-0.39, 0.29) is 0 Å². The second-order valence-corrected chi connectivity index (χ2v) is 5.14. The Labute approximate surface area is 126 Å². The molecule has 0 bridgehead atoms. The molecule has 2 aromatic carbocycles. The fourth-order valence-corrected chi connectivity index (χ4v) is 2.04. The molecule has 0 aromatic heterocycles. The highest BCUT2D eigenvalue weighted by Gasteiger charge is 1.99. The summed E-state index contributed by atoms with van der Waals surface area (Å²) in [5.74, 6) is 0.881. The average molecular weight is 285 g/mol. The van der Waals surface area contributed by atoms with E-state index in [4.69, 9.17) is 9.47 Å². The lowest BCUT2D eigenvalue weighted by Gasteiger charge is -2.10. The second kappa shape index (κ2) is 7.70. The first kappa shape index (κ1) is 15.4. The van der Waals surface area contributed by atoms with Crippen molar-refractivity contribution in [2.75, 3.05) is 25.6 Å². The van der Waals surface area contributed by atoms with Crippen LogP contribution in [-0.2, 0) is 11.3 Å². The maximum atomic E-state index is 5.62. The molecule has 0 aliphatic heterocycles. The van der Waals surface area contributed by atoms with Crippen LogP contribution in [0.4, 0.5) is 5.69 Å². The molecule has 0 amide bonds. The van der Waals surface area contributed by atoms with Gasteiger partial charge in [0.1, 0.15) is 12.4 Å². The van der Waals surface area contributed by atoms with Crippen LogP contribution in [0.2, 0.25) is 0 Å². The third-order valence-corrected chi connectivity index (χ3v) is 3.46. The molecule has 3 heteroatoms. The van der Waals surface area contributed by atoms with Crippen molar-refractivity contribution >= 4 is 5.69 Å². The van der Waals surface area contributed by atoms with Gasteiger partial charge < -0.3 is 14.8 Å². The lowest BCUT2D eigenvalue weighted by atomic mass is 10.1. The molecule has 2 aromatic rings. The zero-order valence-corrected chi connectivity index (χ0v) is 13.0. The van der Waals surface area contributed by atoms with Crippen LogP contribution in [0.5, 0.6) is 5.75 Å². The van der Waals surface area contributed by atoms with Gasteiger partial charge in [-0.3, -0.25) is 0 Å². The van der Waals surface area contributed by atoms with Gasteiger partial charge in [-0.05, 0) is 54.8 Å². The molecular weight excluding hydrogens is 262 g/mol. The highest BCUT2D eigenvalue weighted by molar-refractivity contribution is 5.48. The summed E-state index contributed by atoms with van der Waals surface area (Å²) in [5, 5.41) is 3.44. The van der Waals surface area contributed by atoms with E-state index in [2.05, 4.69) is 49.5 Å². The number of hydrogen-bond acceptors (Lipinski definition) is 3. The molecule has 0 atom stereocenters. The highest BCUT2D eigenvalue weighted by Crippen LogP contribution is 2.17. The van der Waals surface area contributed by atoms with Crippen LogP contribution in [0.15, 0.2) is 42.5 Å². The van der Waals surface area contributed by atoms with Crippen molar-refractivity contribution in [1.82, 2.24) is 0 Å². The van der Waals surface area contributed by atoms with Crippen LogP contribution < -0.4 is 10.1 Å². The standard InChI is InChI=1S/C18H23NO2/c1-14-7-8-17(11-15(14)2)19-13-16-5-4-6-18(12-16)21-10-9-20-3/h4-8,11-12,19H,9-10,13H2,1-3H3. The summed E-state index contributed by atoms with van der Waals surface area (Å²) in [6.07, 6.45) is 0. The lowest BCUT2D eigenvalue weighted by molar-refractivity contribution is 0.146. The van der Waals surface area contributed by atoms with Gasteiger partial charge in [-0.1, -0.05) is 18.2 Å². The zero-order valence-electron chi connectivity index (χ0n) is 13.0. The number of anilines is 1. The quantitative estimate of drug-likeness (QED) is 0.782. The molecule has 21 heavy (non-hydrogen) atoms. The second-order valence-electron chi connectivity index (χ2n) is 5.14. The fraction of sp³-hybridized carbons (Fsp3) is 0.333. The van der Waals surface area contributed by atoms with E-state index in [1.807, 2.05) is 12.1 Å². The van der Waals surface area contributed by atoms with E-state index < -0.39 is 0 Å². The Balaban J connectivity index is 1.93. The van der Waals surface area contributed by atoms with Crippen molar-refractivity contribution in [2.45, 2.75) is 20.4 Å². The minimum atomic E-state index is 0.574. The van der Waals surface area contributed by atoms with E-state index in [0.717, 1.165) is 18.0 Å². The van der Waals surface area contributed by atoms with E-state index in [1.165, 1.54) is 16.7 Å². The lowest BCUT2D eigenvalue weighted by Crippen LogP contribution is -2.05. The van der Waals surface area contributed by atoms with Crippen molar-refractivity contribution in [3.63, 3.8) is 0 Å². The maximum Gasteiger partial charge on any atom is 0.119 e. The van der Waals surface area contributed by atoms with Crippen LogP contribution in [0, 0.1) is 13.8 Å². The molecule has 1 N–H and O–H groups in total. The van der Waals surface area contributed by atoms with Gasteiger partial charge >= 0.3 is 0 Å². The van der Waals surface area contributed by atoms with Crippen molar-refractivity contribution in [2.24, 2.45) is 0 Å². The number of rotatable bonds is 7. The van der Waals surface area contributed by atoms with Crippen molar-refractivity contribution in [1.29, 1.82) is 0 Å². The van der Waals surface area contributed by atoms with Gasteiger partial charge in [0.2, 0.25) is 0 Å². The highest BCUT2D eigenvalue weighted by atomic mass is 16.5. The number of hydrogen-bond donors (Lipinski definition) is 1. The summed E-state index contributed by atoms with van der Waals surface area (Å²) in [6.45, 7) is 6.21. The predicted molar refractivity (Wildman–Crippen MR) is 87.1 cm³/mol. The smallest absolute Gasteiger partial charge is 0.119 e. The van der Waals surface area contributed by atoms with Crippen LogP contribution >= 0.6 is 0 Å². The molecule has 0 aliphatic carbocycles. The van der Waals surface area contributed by atoms with Gasteiger partial charge in [0.05, 0.1) is 6.61 Å². The third kappa shape index (κ3) is 4.80. The number of ether oxygens (including phenoxy) is 2. The molecule has 0 radical (unpaired) electrons. The molecule has 0 spiro atoms. The maximum absolute atomic E-state index is 5.62. The van der Waals surface area contributed by atoms with Crippen LogP contribution in [0.25, 0.3) is 0 Å². The van der Waals surface area contributed by atoms with Gasteiger partial charge in [-0.2, -0.15) is 0 Å². The summed E-state index contributed by atoms with van der Waals surface area (Å²) in [5.41, 5.74) is 4.96. The molecule has 0 unspecified atom stereocenters. The number of benzene rings is 2. The molecule has 0 fully saturated rings. The van der Waals surface area contributed by atoms with Crippen LogP contribution in [-0.4, -0.2) is 20.3 Å². The van der Waals surface area contributed by atoms with Crippen LogP contribution in [0.1, 0.15) is 16.7 Å². The van der Waals surface area contributed by atoms with E-state index in [9.17, 15) is 0 Å². The summed E-state index contributed by atoms with van der Waals surface area (Å²) >= 11 is 0. The number of methoxy groups -OCH3 is 1.